The van der Waals surface area contributed by atoms with Gasteiger partial charge in [0.05, 0.1) is 6.04 Å². The lowest BCUT2D eigenvalue weighted by Crippen LogP contribution is -2.29. The Morgan fingerprint density at radius 3 is 2.37 bits per heavy atom. The van der Waals surface area contributed by atoms with Gasteiger partial charge in [-0.3, -0.25) is 4.79 Å². The van der Waals surface area contributed by atoms with Crippen molar-refractivity contribution in [2.45, 2.75) is 19.3 Å². The molecule has 0 heterocycles. The Balaban J connectivity index is 2.63. The summed E-state index contributed by atoms with van der Waals surface area (Å²) in [4.78, 5) is 11.3. The Kier molecular flexibility index (Phi) is 5.17. The van der Waals surface area contributed by atoms with Crippen LogP contribution in [-0.2, 0) is 9.53 Å². The molecule has 0 aliphatic rings. The molecule has 0 aliphatic heterocycles. The summed E-state index contributed by atoms with van der Waals surface area (Å²) in [6.07, 6.45) is -4.71. The summed E-state index contributed by atoms with van der Waals surface area (Å²) >= 11 is 0. The van der Waals surface area contributed by atoms with Crippen LogP contribution in [-0.4, -0.2) is 26.0 Å². The fourth-order valence-electron chi connectivity index (χ4n) is 1.46. The maximum Gasteiger partial charge on any atom is 0.573 e. The van der Waals surface area contributed by atoms with Crippen molar-refractivity contribution in [2.24, 2.45) is 0 Å². The van der Waals surface area contributed by atoms with E-state index in [2.05, 4.69) is 14.8 Å². The van der Waals surface area contributed by atoms with Gasteiger partial charge in [-0.1, -0.05) is 12.1 Å². The molecule has 1 aromatic carbocycles. The summed E-state index contributed by atoms with van der Waals surface area (Å²) in [5.74, 6) is -0.600. The zero-order valence-electron chi connectivity index (χ0n) is 10.5. The van der Waals surface area contributed by atoms with Crippen LogP contribution in [0.15, 0.2) is 24.3 Å². The molecule has 106 valence electrons. The van der Waals surface area contributed by atoms with Crippen LogP contribution in [0.2, 0.25) is 0 Å². The summed E-state index contributed by atoms with van der Waals surface area (Å²) < 4.78 is 44.3. The average molecular weight is 277 g/mol. The Hall–Kier alpha value is -1.76. The molecule has 0 fully saturated rings. The van der Waals surface area contributed by atoms with E-state index in [4.69, 9.17) is 0 Å². The van der Waals surface area contributed by atoms with E-state index in [0.29, 0.717) is 5.56 Å². The molecule has 0 saturated carbocycles. The summed E-state index contributed by atoms with van der Waals surface area (Å²) in [6, 6.07) is 4.98. The standard InChI is InChI=1S/C12H14F3NO3/c1-8(16-11(17)7-18-2)9-3-5-10(6-4-9)19-12(13,14)15/h3-6,8H,7H2,1-2H3,(H,16,17)/t8-/m0/s1. The van der Waals surface area contributed by atoms with E-state index >= 15 is 0 Å². The predicted molar refractivity (Wildman–Crippen MR) is 61.6 cm³/mol. The molecule has 0 radical (unpaired) electrons. The van der Waals surface area contributed by atoms with Crippen LogP contribution in [0.4, 0.5) is 13.2 Å². The minimum atomic E-state index is -4.71. The molecule has 4 nitrogen and oxygen atoms in total. The van der Waals surface area contributed by atoms with E-state index in [1.54, 1.807) is 6.92 Å². The van der Waals surface area contributed by atoms with Gasteiger partial charge in [-0.15, -0.1) is 13.2 Å². The monoisotopic (exact) mass is 277 g/mol. The van der Waals surface area contributed by atoms with E-state index in [-0.39, 0.29) is 24.3 Å². The van der Waals surface area contributed by atoms with Gasteiger partial charge >= 0.3 is 6.36 Å². The number of halogens is 3. The summed E-state index contributed by atoms with van der Waals surface area (Å²) in [5.41, 5.74) is 0.666. The molecule has 0 unspecified atom stereocenters. The second kappa shape index (κ2) is 6.42. The van der Waals surface area contributed by atoms with Crippen molar-refractivity contribution in [3.8, 4) is 5.75 Å². The number of nitrogens with one attached hydrogen (secondary N) is 1. The summed E-state index contributed by atoms with van der Waals surface area (Å²) in [6.45, 7) is 1.65. The van der Waals surface area contributed by atoms with Gasteiger partial charge in [-0.05, 0) is 24.6 Å². The SMILES string of the molecule is COCC(=O)N[C@@H](C)c1ccc(OC(F)(F)F)cc1. The van der Waals surface area contributed by atoms with Crippen LogP contribution in [0, 0.1) is 0 Å². The Morgan fingerprint density at radius 1 is 1.32 bits per heavy atom. The van der Waals surface area contributed by atoms with E-state index in [1.165, 1.54) is 31.4 Å². The highest BCUT2D eigenvalue weighted by Gasteiger charge is 2.31. The van der Waals surface area contributed by atoms with E-state index in [1.807, 2.05) is 0 Å². The highest BCUT2D eigenvalue weighted by Crippen LogP contribution is 2.24. The third-order valence-corrected chi connectivity index (χ3v) is 2.27. The number of hydrogen-bond donors (Lipinski definition) is 1. The number of carbonyl (C=O) groups excluding carboxylic acids is 1. The molecule has 7 heteroatoms. The number of ether oxygens (including phenoxy) is 2. The van der Waals surface area contributed by atoms with Crippen molar-refractivity contribution in [3.05, 3.63) is 29.8 Å². The van der Waals surface area contributed by atoms with E-state index in [9.17, 15) is 18.0 Å². The Labute approximate surface area is 108 Å². The van der Waals surface area contributed by atoms with Gasteiger partial charge in [0.25, 0.3) is 0 Å². The average Bonchev–Trinajstić information content (AvgIpc) is 2.27. The first-order valence-corrected chi connectivity index (χ1v) is 5.46. The van der Waals surface area contributed by atoms with Gasteiger partial charge < -0.3 is 14.8 Å². The highest BCUT2D eigenvalue weighted by molar-refractivity contribution is 5.77. The number of amides is 1. The number of benzene rings is 1. The lowest BCUT2D eigenvalue weighted by Gasteiger charge is -2.15. The molecule has 1 aromatic rings. The van der Waals surface area contributed by atoms with Gasteiger partial charge in [0.1, 0.15) is 12.4 Å². The van der Waals surface area contributed by atoms with Crippen LogP contribution in [0.25, 0.3) is 0 Å². The maximum atomic E-state index is 12.0. The predicted octanol–water partition coefficient (Wildman–Crippen LogP) is 2.41. The molecule has 19 heavy (non-hydrogen) atoms. The molecule has 1 rings (SSSR count). The summed E-state index contributed by atoms with van der Waals surface area (Å²) in [7, 11) is 1.40. The van der Waals surface area contributed by atoms with Gasteiger partial charge in [-0.25, -0.2) is 0 Å². The quantitative estimate of drug-likeness (QED) is 0.899. The van der Waals surface area contributed by atoms with Crippen LogP contribution in [0.3, 0.4) is 0 Å². The second-order valence-corrected chi connectivity index (χ2v) is 3.84. The fourth-order valence-corrected chi connectivity index (χ4v) is 1.46. The smallest absolute Gasteiger partial charge is 0.406 e. The molecule has 1 atom stereocenters. The molecular formula is C12H14F3NO3. The molecule has 1 amide bonds. The van der Waals surface area contributed by atoms with Gasteiger partial charge in [0, 0.05) is 7.11 Å². The molecule has 1 N–H and O–H groups in total. The molecule has 0 spiro atoms. The molecule has 0 aromatic heterocycles. The lowest BCUT2D eigenvalue weighted by atomic mass is 10.1. The number of carbonyl (C=O) groups is 1. The minimum Gasteiger partial charge on any atom is -0.406 e. The van der Waals surface area contributed by atoms with Crippen molar-refractivity contribution < 1.29 is 27.4 Å². The van der Waals surface area contributed by atoms with Crippen LogP contribution < -0.4 is 10.1 Å². The van der Waals surface area contributed by atoms with Crippen molar-refractivity contribution in [1.29, 1.82) is 0 Å². The molecule has 0 saturated heterocycles. The van der Waals surface area contributed by atoms with Gasteiger partial charge in [0.15, 0.2) is 0 Å². The van der Waals surface area contributed by atoms with Crippen LogP contribution in [0.5, 0.6) is 5.75 Å². The first kappa shape index (κ1) is 15.3. The zero-order chi connectivity index (χ0) is 14.5. The zero-order valence-corrected chi connectivity index (χ0v) is 10.5. The second-order valence-electron chi connectivity index (χ2n) is 3.84. The van der Waals surface area contributed by atoms with Crippen molar-refractivity contribution in [3.63, 3.8) is 0 Å². The molecule has 0 bridgehead atoms. The Morgan fingerprint density at radius 2 is 1.89 bits per heavy atom. The largest absolute Gasteiger partial charge is 0.573 e. The van der Waals surface area contributed by atoms with E-state index in [0.717, 1.165) is 0 Å². The summed E-state index contributed by atoms with van der Waals surface area (Å²) in [5, 5.41) is 2.64. The normalized spacial score (nSPS) is 12.9. The topological polar surface area (TPSA) is 47.6 Å². The highest BCUT2D eigenvalue weighted by atomic mass is 19.4. The lowest BCUT2D eigenvalue weighted by molar-refractivity contribution is -0.274. The van der Waals surface area contributed by atoms with Crippen LogP contribution in [0.1, 0.15) is 18.5 Å². The number of methoxy groups -OCH3 is 1. The third kappa shape index (κ3) is 5.60. The number of hydrogen-bond acceptors (Lipinski definition) is 3. The number of rotatable bonds is 5. The van der Waals surface area contributed by atoms with Crippen molar-refractivity contribution in [2.75, 3.05) is 13.7 Å². The molecule has 0 aliphatic carbocycles. The fraction of sp³-hybridized carbons (Fsp3) is 0.417. The van der Waals surface area contributed by atoms with Gasteiger partial charge in [-0.2, -0.15) is 0 Å². The maximum absolute atomic E-state index is 12.0. The van der Waals surface area contributed by atoms with Crippen LogP contribution >= 0.6 is 0 Å². The van der Waals surface area contributed by atoms with E-state index < -0.39 is 6.36 Å². The van der Waals surface area contributed by atoms with Crippen molar-refractivity contribution >= 4 is 5.91 Å². The Bertz CT molecular complexity index is 417. The third-order valence-electron chi connectivity index (χ3n) is 2.27. The van der Waals surface area contributed by atoms with Gasteiger partial charge in [0.2, 0.25) is 5.91 Å². The first-order chi connectivity index (χ1) is 8.81. The van der Waals surface area contributed by atoms with Crippen molar-refractivity contribution in [1.82, 2.24) is 5.32 Å². The minimum absolute atomic E-state index is 0.0698. The number of alkyl halides is 3. The first-order valence-electron chi connectivity index (χ1n) is 5.46. The molecular weight excluding hydrogens is 263 g/mol.